The van der Waals surface area contributed by atoms with Crippen LogP contribution in [0.1, 0.15) is 20.7 Å². The van der Waals surface area contributed by atoms with Crippen molar-refractivity contribution in [3.63, 3.8) is 0 Å². The molecule has 0 aliphatic carbocycles. The first kappa shape index (κ1) is 15.3. The molecule has 0 spiro atoms. The van der Waals surface area contributed by atoms with E-state index in [1.165, 1.54) is 0 Å². The first-order chi connectivity index (χ1) is 10.2. The Kier molecular flexibility index (Phi) is 5.51. The van der Waals surface area contributed by atoms with Crippen LogP contribution in [0.5, 0.6) is 5.75 Å². The van der Waals surface area contributed by atoms with Crippen LogP contribution in [-0.2, 0) is 4.74 Å². The molecule has 0 unspecified atom stereocenters. The third-order valence-corrected chi connectivity index (χ3v) is 3.21. The molecule has 4 nitrogen and oxygen atoms in total. The molecular weight excluding hydrogens is 336 g/mol. The summed E-state index contributed by atoms with van der Waals surface area (Å²) in [7, 11) is 0. The van der Waals surface area contributed by atoms with Gasteiger partial charge in [0.05, 0.1) is 5.56 Å². The zero-order valence-electron chi connectivity index (χ0n) is 11.1. The fourth-order valence-corrected chi connectivity index (χ4v) is 1.87. The second kappa shape index (κ2) is 7.59. The monoisotopic (exact) mass is 348 g/mol. The van der Waals surface area contributed by atoms with Crippen molar-refractivity contribution in [2.45, 2.75) is 0 Å². The summed E-state index contributed by atoms with van der Waals surface area (Å²) in [6, 6.07) is 13.6. The molecule has 21 heavy (non-hydrogen) atoms. The molecule has 0 aliphatic rings. The standard InChI is InChI=1S/C16H13BrO4/c17-14-5-7-15(8-6-14)20-9-10-21-16(19)13-3-1-12(11-18)2-4-13/h1-8,11H,9-10H2. The maximum absolute atomic E-state index is 11.7. The molecular formula is C16H13BrO4. The summed E-state index contributed by atoms with van der Waals surface area (Å²) in [4.78, 5) is 22.2. The summed E-state index contributed by atoms with van der Waals surface area (Å²) < 4.78 is 11.5. The maximum atomic E-state index is 11.7. The molecule has 0 aromatic heterocycles. The molecule has 0 heterocycles. The Balaban J connectivity index is 1.76. The summed E-state index contributed by atoms with van der Waals surface area (Å²) in [5.74, 6) is 0.274. The SMILES string of the molecule is O=Cc1ccc(C(=O)OCCOc2ccc(Br)cc2)cc1. The predicted octanol–water partition coefficient (Wildman–Crippen LogP) is 3.50. The van der Waals surface area contributed by atoms with Gasteiger partial charge in [-0.25, -0.2) is 4.79 Å². The van der Waals surface area contributed by atoms with Crippen LogP contribution in [0.2, 0.25) is 0 Å². The highest BCUT2D eigenvalue weighted by Crippen LogP contribution is 2.15. The zero-order chi connectivity index (χ0) is 15.1. The van der Waals surface area contributed by atoms with E-state index in [1.54, 1.807) is 24.3 Å². The molecule has 0 atom stereocenters. The topological polar surface area (TPSA) is 52.6 Å². The van der Waals surface area contributed by atoms with Gasteiger partial charge in [-0.2, -0.15) is 0 Å². The minimum absolute atomic E-state index is 0.157. The number of aldehydes is 1. The number of esters is 1. The molecule has 0 N–H and O–H groups in total. The molecule has 0 bridgehead atoms. The van der Waals surface area contributed by atoms with Crippen LogP contribution in [0.15, 0.2) is 53.0 Å². The number of rotatable bonds is 6. The van der Waals surface area contributed by atoms with Gasteiger partial charge in [-0.05, 0) is 36.4 Å². The van der Waals surface area contributed by atoms with E-state index in [0.717, 1.165) is 10.8 Å². The van der Waals surface area contributed by atoms with Crippen molar-refractivity contribution < 1.29 is 19.1 Å². The minimum Gasteiger partial charge on any atom is -0.490 e. The molecule has 108 valence electrons. The van der Waals surface area contributed by atoms with E-state index in [0.29, 0.717) is 16.9 Å². The van der Waals surface area contributed by atoms with Crippen molar-refractivity contribution in [3.8, 4) is 5.75 Å². The van der Waals surface area contributed by atoms with Crippen LogP contribution in [-0.4, -0.2) is 25.5 Å². The first-order valence-corrected chi connectivity index (χ1v) is 7.09. The van der Waals surface area contributed by atoms with Crippen LogP contribution in [0.4, 0.5) is 0 Å². The van der Waals surface area contributed by atoms with E-state index >= 15 is 0 Å². The summed E-state index contributed by atoms with van der Waals surface area (Å²) in [6.45, 7) is 0.435. The molecule has 2 aromatic carbocycles. The zero-order valence-corrected chi connectivity index (χ0v) is 12.7. The van der Waals surface area contributed by atoms with Crippen molar-refractivity contribution in [2.75, 3.05) is 13.2 Å². The van der Waals surface area contributed by atoms with Crippen LogP contribution in [0, 0.1) is 0 Å². The van der Waals surface area contributed by atoms with Crippen LogP contribution < -0.4 is 4.74 Å². The maximum Gasteiger partial charge on any atom is 0.338 e. The molecule has 5 heteroatoms. The lowest BCUT2D eigenvalue weighted by Crippen LogP contribution is -2.12. The fourth-order valence-electron chi connectivity index (χ4n) is 1.61. The minimum atomic E-state index is -0.438. The lowest BCUT2D eigenvalue weighted by atomic mass is 10.1. The van der Waals surface area contributed by atoms with Crippen LogP contribution >= 0.6 is 15.9 Å². The van der Waals surface area contributed by atoms with Gasteiger partial charge in [0.1, 0.15) is 25.2 Å². The number of carbonyl (C=O) groups excluding carboxylic acids is 2. The summed E-state index contributed by atoms with van der Waals surface area (Å²) in [6.07, 6.45) is 0.723. The third kappa shape index (κ3) is 4.72. The van der Waals surface area contributed by atoms with Crippen molar-refractivity contribution in [1.29, 1.82) is 0 Å². The third-order valence-electron chi connectivity index (χ3n) is 2.68. The predicted molar refractivity (Wildman–Crippen MR) is 81.7 cm³/mol. The molecule has 0 aliphatic heterocycles. The average molecular weight is 349 g/mol. The van der Waals surface area contributed by atoms with Gasteiger partial charge < -0.3 is 9.47 Å². The van der Waals surface area contributed by atoms with Crippen molar-refractivity contribution >= 4 is 28.2 Å². The second-order valence-electron chi connectivity index (χ2n) is 4.18. The highest BCUT2D eigenvalue weighted by atomic mass is 79.9. The molecule has 2 aromatic rings. The van der Waals surface area contributed by atoms with Gasteiger partial charge in [-0.3, -0.25) is 4.79 Å². The Morgan fingerprint density at radius 2 is 1.67 bits per heavy atom. The number of benzene rings is 2. The number of carbonyl (C=O) groups is 2. The van der Waals surface area contributed by atoms with Gasteiger partial charge in [0, 0.05) is 10.0 Å². The average Bonchev–Trinajstić information content (AvgIpc) is 2.53. The smallest absolute Gasteiger partial charge is 0.338 e. The lowest BCUT2D eigenvalue weighted by molar-refractivity contribution is 0.0450. The fraction of sp³-hybridized carbons (Fsp3) is 0.125. The molecule has 0 fully saturated rings. The molecule has 0 radical (unpaired) electrons. The van der Waals surface area contributed by atoms with Gasteiger partial charge in [0.2, 0.25) is 0 Å². The van der Waals surface area contributed by atoms with Gasteiger partial charge >= 0.3 is 5.97 Å². The number of ether oxygens (including phenoxy) is 2. The van der Waals surface area contributed by atoms with E-state index in [-0.39, 0.29) is 13.2 Å². The molecule has 0 saturated heterocycles. The summed E-state index contributed by atoms with van der Waals surface area (Å²) >= 11 is 3.34. The van der Waals surface area contributed by atoms with Crippen LogP contribution in [0.25, 0.3) is 0 Å². The Labute approximate surface area is 130 Å². The number of halogens is 1. The highest BCUT2D eigenvalue weighted by Gasteiger charge is 2.06. The van der Waals surface area contributed by atoms with E-state index in [2.05, 4.69) is 15.9 Å². The van der Waals surface area contributed by atoms with Gasteiger partial charge in [-0.15, -0.1) is 0 Å². The normalized spacial score (nSPS) is 9.95. The largest absolute Gasteiger partial charge is 0.490 e. The van der Waals surface area contributed by atoms with Crippen LogP contribution in [0.3, 0.4) is 0 Å². The van der Waals surface area contributed by atoms with Gasteiger partial charge in [0.25, 0.3) is 0 Å². The van der Waals surface area contributed by atoms with Crippen molar-refractivity contribution in [3.05, 3.63) is 64.1 Å². The first-order valence-electron chi connectivity index (χ1n) is 6.30. The van der Waals surface area contributed by atoms with Crippen molar-refractivity contribution in [2.24, 2.45) is 0 Å². The Hall–Kier alpha value is -2.14. The Bertz CT molecular complexity index is 605. The van der Waals surface area contributed by atoms with E-state index in [9.17, 15) is 9.59 Å². The Morgan fingerprint density at radius 3 is 2.29 bits per heavy atom. The van der Waals surface area contributed by atoms with Gasteiger partial charge in [-0.1, -0.05) is 28.1 Å². The highest BCUT2D eigenvalue weighted by molar-refractivity contribution is 9.10. The quantitative estimate of drug-likeness (QED) is 0.455. The van der Waals surface area contributed by atoms with Crippen molar-refractivity contribution in [1.82, 2.24) is 0 Å². The molecule has 0 saturated carbocycles. The van der Waals surface area contributed by atoms with E-state index < -0.39 is 5.97 Å². The summed E-state index contributed by atoms with van der Waals surface area (Å²) in [5.41, 5.74) is 0.925. The number of hydrogen-bond donors (Lipinski definition) is 0. The number of hydrogen-bond acceptors (Lipinski definition) is 4. The second-order valence-corrected chi connectivity index (χ2v) is 5.09. The molecule has 2 rings (SSSR count). The van der Waals surface area contributed by atoms with Gasteiger partial charge in [0.15, 0.2) is 0 Å². The molecule has 0 amide bonds. The van der Waals surface area contributed by atoms with E-state index in [4.69, 9.17) is 9.47 Å². The Morgan fingerprint density at radius 1 is 1.00 bits per heavy atom. The summed E-state index contributed by atoms with van der Waals surface area (Å²) in [5, 5.41) is 0. The lowest BCUT2D eigenvalue weighted by Gasteiger charge is -2.07. The van der Waals surface area contributed by atoms with E-state index in [1.807, 2.05) is 24.3 Å².